The van der Waals surface area contributed by atoms with Gasteiger partial charge in [0.1, 0.15) is 0 Å². The van der Waals surface area contributed by atoms with Crippen LogP contribution >= 0.6 is 11.3 Å². The molecule has 0 unspecified atom stereocenters. The minimum absolute atomic E-state index is 0.669. The number of benzene rings is 1. The van der Waals surface area contributed by atoms with Crippen molar-refractivity contribution in [3.63, 3.8) is 0 Å². The predicted molar refractivity (Wildman–Crippen MR) is 68.1 cm³/mol. The molecule has 0 amide bonds. The zero-order valence-corrected chi connectivity index (χ0v) is 9.47. The Hall–Kier alpha value is -1.28. The van der Waals surface area contributed by atoms with E-state index in [1.807, 2.05) is 17.4 Å². The van der Waals surface area contributed by atoms with Gasteiger partial charge in [-0.1, -0.05) is 19.1 Å². The summed E-state index contributed by atoms with van der Waals surface area (Å²) < 4.78 is 1.35. The van der Waals surface area contributed by atoms with Gasteiger partial charge in [0.2, 0.25) is 0 Å². The quantitative estimate of drug-likeness (QED) is 0.666. The Morgan fingerprint density at radius 1 is 1.40 bits per heavy atom. The number of nitrogen functional groups attached to an aromatic ring is 1. The normalized spacial score (nSPS) is 19.4. The molecule has 0 radical (unpaired) electrons. The first kappa shape index (κ1) is 8.98. The molecular formula is C13H13NS. The lowest BCUT2D eigenvalue weighted by Crippen LogP contribution is -1.99. The molecule has 1 aliphatic rings. The number of rotatable bonds is 0. The summed E-state index contributed by atoms with van der Waals surface area (Å²) in [7, 11) is 0. The number of hydrogen-bond acceptors (Lipinski definition) is 2. The zero-order valence-electron chi connectivity index (χ0n) is 8.66. The lowest BCUT2D eigenvalue weighted by atomic mass is 9.96. The molecule has 2 heteroatoms. The second-order valence-electron chi connectivity index (χ2n) is 4.24. The molecule has 1 aromatic carbocycles. The minimum Gasteiger partial charge on any atom is -0.399 e. The molecule has 76 valence electrons. The fraction of sp³-hybridized carbons (Fsp3) is 0.231. The summed E-state index contributed by atoms with van der Waals surface area (Å²) in [6.07, 6.45) is 5.71. The Balaban J connectivity index is 2.31. The van der Waals surface area contributed by atoms with Crippen molar-refractivity contribution in [3.05, 3.63) is 34.7 Å². The van der Waals surface area contributed by atoms with Gasteiger partial charge in [0.25, 0.3) is 0 Å². The highest BCUT2D eigenvalue weighted by atomic mass is 32.1. The maximum Gasteiger partial charge on any atom is 0.0353 e. The molecule has 0 saturated carbocycles. The third-order valence-electron chi connectivity index (χ3n) is 2.93. The monoisotopic (exact) mass is 215 g/mol. The highest BCUT2D eigenvalue weighted by Crippen LogP contribution is 2.37. The lowest BCUT2D eigenvalue weighted by molar-refractivity contribution is 0.728. The van der Waals surface area contributed by atoms with E-state index in [1.54, 1.807) is 0 Å². The standard InChI is InChI=1S/C13H13NS/c1-8-2-4-10-11-7-9(14)3-5-12(11)15-13(10)6-8/h2-5,7-8H,6,14H2,1H3/t8-/m0/s1. The van der Waals surface area contributed by atoms with E-state index in [2.05, 4.69) is 31.2 Å². The largest absolute Gasteiger partial charge is 0.399 e. The molecule has 0 bridgehead atoms. The van der Waals surface area contributed by atoms with Crippen LogP contribution in [0, 0.1) is 5.92 Å². The fourth-order valence-electron chi connectivity index (χ4n) is 2.14. The molecule has 2 aromatic rings. The predicted octanol–water partition coefficient (Wildman–Crippen LogP) is 3.69. The SMILES string of the molecule is C[C@H]1C=Cc2c(sc3ccc(N)cc23)C1. The molecular weight excluding hydrogens is 202 g/mol. The van der Waals surface area contributed by atoms with Gasteiger partial charge < -0.3 is 5.73 Å². The van der Waals surface area contributed by atoms with Gasteiger partial charge in [-0.2, -0.15) is 0 Å². The van der Waals surface area contributed by atoms with Crippen molar-refractivity contribution in [2.75, 3.05) is 5.73 Å². The van der Waals surface area contributed by atoms with Crippen LogP contribution in [0.1, 0.15) is 17.4 Å². The van der Waals surface area contributed by atoms with Gasteiger partial charge in [-0.25, -0.2) is 0 Å². The molecule has 0 fully saturated rings. The van der Waals surface area contributed by atoms with Crippen molar-refractivity contribution in [1.29, 1.82) is 0 Å². The molecule has 0 spiro atoms. The smallest absolute Gasteiger partial charge is 0.0353 e. The van der Waals surface area contributed by atoms with Gasteiger partial charge in [-0.3, -0.25) is 0 Å². The van der Waals surface area contributed by atoms with Crippen molar-refractivity contribution in [2.24, 2.45) is 5.92 Å². The summed E-state index contributed by atoms with van der Waals surface area (Å²) >= 11 is 1.91. The van der Waals surface area contributed by atoms with Crippen LogP contribution in [0.25, 0.3) is 16.2 Å². The number of thiophene rings is 1. The summed E-state index contributed by atoms with van der Waals surface area (Å²) in [6.45, 7) is 2.26. The van der Waals surface area contributed by atoms with Crippen LogP contribution in [0.5, 0.6) is 0 Å². The van der Waals surface area contributed by atoms with Crippen LogP contribution in [0.2, 0.25) is 0 Å². The minimum atomic E-state index is 0.669. The molecule has 0 saturated heterocycles. The molecule has 1 aliphatic carbocycles. The highest BCUT2D eigenvalue weighted by Gasteiger charge is 2.15. The second kappa shape index (κ2) is 3.11. The molecule has 2 N–H and O–H groups in total. The summed E-state index contributed by atoms with van der Waals surface area (Å²) in [5, 5.41) is 1.32. The van der Waals surface area contributed by atoms with Crippen molar-refractivity contribution in [1.82, 2.24) is 0 Å². The van der Waals surface area contributed by atoms with E-state index in [1.165, 1.54) is 26.9 Å². The van der Waals surface area contributed by atoms with Gasteiger partial charge in [0.05, 0.1) is 0 Å². The summed E-state index contributed by atoms with van der Waals surface area (Å²) in [5.41, 5.74) is 8.07. The number of allylic oxidation sites excluding steroid dienone is 1. The lowest BCUT2D eigenvalue weighted by Gasteiger charge is -2.11. The van der Waals surface area contributed by atoms with E-state index < -0.39 is 0 Å². The van der Waals surface area contributed by atoms with E-state index in [-0.39, 0.29) is 0 Å². The molecule has 3 rings (SSSR count). The first-order valence-corrected chi connectivity index (χ1v) is 6.05. The third-order valence-corrected chi connectivity index (χ3v) is 4.14. The Morgan fingerprint density at radius 3 is 3.13 bits per heavy atom. The highest BCUT2D eigenvalue weighted by molar-refractivity contribution is 7.19. The number of nitrogens with two attached hydrogens (primary N) is 1. The topological polar surface area (TPSA) is 26.0 Å². The molecule has 1 aromatic heterocycles. The molecule has 1 heterocycles. The number of anilines is 1. The molecule has 15 heavy (non-hydrogen) atoms. The van der Waals surface area contributed by atoms with Crippen LogP contribution in [0.4, 0.5) is 5.69 Å². The van der Waals surface area contributed by atoms with Gasteiger partial charge >= 0.3 is 0 Å². The molecule has 1 nitrogen and oxygen atoms in total. The van der Waals surface area contributed by atoms with Crippen molar-refractivity contribution in [2.45, 2.75) is 13.3 Å². The zero-order chi connectivity index (χ0) is 10.4. The third kappa shape index (κ3) is 1.37. The summed E-state index contributed by atoms with van der Waals surface area (Å²) in [4.78, 5) is 1.51. The Kier molecular flexibility index (Phi) is 1.86. The van der Waals surface area contributed by atoms with Crippen molar-refractivity contribution in [3.8, 4) is 0 Å². The van der Waals surface area contributed by atoms with Crippen molar-refractivity contribution >= 4 is 33.2 Å². The summed E-state index contributed by atoms with van der Waals surface area (Å²) in [5.74, 6) is 0.669. The number of fused-ring (bicyclic) bond motifs is 3. The first-order chi connectivity index (χ1) is 7.24. The van der Waals surface area contributed by atoms with E-state index in [9.17, 15) is 0 Å². The average Bonchev–Trinajstić information content (AvgIpc) is 2.54. The molecule has 1 atom stereocenters. The van der Waals surface area contributed by atoms with Crippen molar-refractivity contribution < 1.29 is 0 Å². The average molecular weight is 215 g/mol. The number of hydrogen-bond donors (Lipinski definition) is 1. The van der Waals surface area contributed by atoms with Gasteiger partial charge in [0, 0.05) is 20.7 Å². The maximum atomic E-state index is 5.82. The second-order valence-corrected chi connectivity index (χ2v) is 5.37. The van der Waals surface area contributed by atoms with E-state index in [0.29, 0.717) is 5.92 Å². The van der Waals surface area contributed by atoms with E-state index in [4.69, 9.17) is 5.73 Å². The Morgan fingerprint density at radius 2 is 2.27 bits per heavy atom. The van der Waals surface area contributed by atoms with Gasteiger partial charge in [-0.15, -0.1) is 11.3 Å². The van der Waals surface area contributed by atoms with Gasteiger partial charge in [0.15, 0.2) is 0 Å². The van der Waals surface area contributed by atoms with Crippen LogP contribution in [-0.4, -0.2) is 0 Å². The van der Waals surface area contributed by atoms with Crippen LogP contribution in [0.15, 0.2) is 24.3 Å². The summed E-state index contributed by atoms with van der Waals surface area (Å²) in [6, 6.07) is 6.20. The van der Waals surface area contributed by atoms with Crippen LogP contribution < -0.4 is 5.73 Å². The van der Waals surface area contributed by atoms with Crippen LogP contribution in [-0.2, 0) is 6.42 Å². The van der Waals surface area contributed by atoms with Gasteiger partial charge in [-0.05, 0) is 36.1 Å². The molecule has 0 aliphatic heterocycles. The van der Waals surface area contributed by atoms with Crippen LogP contribution in [0.3, 0.4) is 0 Å². The van der Waals surface area contributed by atoms with E-state index >= 15 is 0 Å². The first-order valence-electron chi connectivity index (χ1n) is 5.23. The maximum absolute atomic E-state index is 5.82. The Labute approximate surface area is 93.2 Å². The Bertz CT molecular complexity index is 551. The van der Waals surface area contributed by atoms with E-state index in [0.717, 1.165) is 5.69 Å². The fourth-order valence-corrected chi connectivity index (χ4v) is 3.45.